The summed E-state index contributed by atoms with van der Waals surface area (Å²) in [6, 6.07) is 0.518. The molecule has 1 N–H and O–H groups in total. The van der Waals surface area contributed by atoms with E-state index < -0.39 is 0 Å². The molecular weight excluding hydrogens is 290 g/mol. The molecule has 1 atom stereocenters. The maximum absolute atomic E-state index is 4.54. The van der Waals surface area contributed by atoms with E-state index in [9.17, 15) is 0 Å². The summed E-state index contributed by atoms with van der Waals surface area (Å²) in [7, 11) is 4.08. The van der Waals surface area contributed by atoms with Gasteiger partial charge in [0.25, 0.3) is 0 Å². The summed E-state index contributed by atoms with van der Waals surface area (Å²) < 4.78 is 3.20. The van der Waals surface area contributed by atoms with E-state index in [1.165, 1.54) is 10.2 Å². The van der Waals surface area contributed by atoms with Gasteiger partial charge >= 0.3 is 0 Å². The molecular formula is C14H26BrN3. The number of aryl methyl sites for hydroxylation is 2. The van der Waals surface area contributed by atoms with E-state index in [2.05, 4.69) is 54.0 Å². The van der Waals surface area contributed by atoms with Gasteiger partial charge < -0.3 is 5.32 Å². The van der Waals surface area contributed by atoms with Crippen LogP contribution in [0.25, 0.3) is 0 Å². The molecule has 1 heterocycles. The molecule has 1 unspecified atom stereocenters. The van der Waals surface area contributed by atoms with Crippen molar-refractivity contribution < 1.29 is 0 Å². The summed E-state index contributed by atoms with van der Waals surface area (Å²) in [4.78, 5) is 0. The monoisotopic (exact) mass is 315 g/mol. The van der Waals surface area contributed by atoms with E-state index in [0.717, 1.165) is 25.0 Å². The summed E-state index contributed by atoms with van der Waals surface area (Å²) in [5, 5.41) is 7.97. The first-order valence-electron chi connectivity index (χ1n) is 6.68. The van der Waals surface area contributed by atoms with Gasteiger partial charge in [0.05, 0.1) is 15.9 Å². The predicted molar refractivity (Wildman–Crippen MR) is 80.9 cm³/mol. The summed E-state index contributed by atoms with van der Waals surface area (Å²) in [5.74, 6) is 0. The maximum atomic E-state index is 4.54. The Kier molecular flexibility index (Phi) is 5.41. The van der Waals surface area contributed by atoms with Gasteiger partial charge in [0.2, 0.25) is 0 Å². The van der Waals surface area contributed by atoms with Crippen molar-refractivity contribution in [3.05, 3.63) is 15.9 Å². The number of halogens is 1. The van der Waals surface area contributed by atoms with E-state index >= 15 is 0 Å². The molecule has 0 saturated heterocycles. The number of nitrogens with one attached hydrogen (secondary N) is 1. The summed E-state index contributed by atoms with van der Waals surface area (Å²) >= 11 is 3.68. The summed E-state index contributed by atoms with van der Waals surface area (Å²) in [6.07, 6.45) is 3.15. The largest absolute Gasteiger partial charge is 0.316 e. The zero-order valence-electron chi connectivity index (χ0n) is 12.5. The van der Waals surface area contributed by atoms with Gasteiger partial charge in [-0.2, -0.15) is 5.10 Å². The number of aromatic nitrogens is 2. The predicted octanol–water partition coefficient (Wildman–Crippen LogP) is 3.31. The normalized spacial score (nSPS) is 13.9. The lowest BCUT2D eigenvalue weighted by molar-refractivity contribution is 0.266. The molecule has 3 nitrogen and oxygen atoms in total. The highest BCUT2D eigenvalue weighted by Gasteiger charge is 2.23. The van der Waals surface area contributed by atoms with Crippen molar-refractivity contribution in [1.29, 1.82) is 0 Å². The second-order valence-electron chi connectivity index (χ2n) is 5.93. The van der Waals surface area contributed by atoms with Gasteiger partial charge in [-0.05, 0) is 47.7 Å². The van der Waals surface area contributed by atoms with Crippen LogP contribution in [0.1, 0.15) is 45.5 Å². The Morgan fingerprint density at radius 1 is 1.39 bits per heavy atom. The van der Waals surface area contributed by atoms with Crippen LogP contribution in [0.5, 0.6) is 0 Å². The van der Waals surface area contributed by atoms with E-state index in [-0.39, 0.29) is 5.41 Å². The zero-order chi connectivity index (χ0) is 13.9. The molecule has 1 aromatic heterocycles. The van der Waals surface area contributed by atoms with Crippen molar-refractivity contribution in [1.82, 2.24) is 15.1 Å². The van der Waals surface area contributed by atoms with Gasteiger partial charge in [0, 0.05) is 13.1 Å². The fourth-order valence-electron chi connectivity index (χ4n) is 2.38. The van der Waals surface area contributed by atoms with Gasteiger partial charge in [-0.1, -0.05) is 27.7 Å². The van der Waals surface area contributed by atoms with Gasteiger partial charge in [-0.15, -0.1) is 0 Å². The second kappa shape index (κ2) is 6.20. The SMILES string of the molecule is CCc1nn(C)c(CCC(NC)C(C)(C)C)c1Br. The Bertz CT molecular complexity index is 390. The molecule has 4 heteroatoms. The molecule has 1 rings (SSSR count). The molecule has 0 aromatic carbocycles. The van der Waals surface area contributed by atoms with Crippen LogP contribution in [0.15, 0.2) is 4.47 Å². The summed E-state index contributed by atoms with van der Waals surface area (Å²) in [5.41, 5.74) is 2.74. The van der Waals surface area contributed by atoms with Crippen LogP contribution in [0.4, 0.5) is 0 Å². The van der Waals surface area contributed by atoms with Crippen LogP contribution in [0, 0.1) is 5.41 Å². The minimum atomic E-state index is 0.285. The van der Waals surface area contributed by atoms with E-state index in [1.807, 2.05) is 18.8 Å². The number of hydrogen-bond donors (Lipinski definition) is 1. The van der Waals surface area contributed by atoms with Crippen molar-refractivity contribution >= 4 is 15.9 Å². The quantitative estimate of drug-likeness (QED) is 0.903. The molecule has 0 radical (unpaired) electrons. The molecule has 1 aromatic rings. The molecule has 0 aliphatic carbocycles. The highest BCUT2D eigenvalue weighted by atomic mass is 79.9. The van der Waals surface area contributed by atoms with E-state index in [1.54, 1.807) is 0 Å². The summed E-state index contributed by atoms with van der Waals surface area (Å²) in [6.45, 7) is 8.99. The van der Waals surface area contributed by atoms with Crippen molar-refractivity contribution in [2.45, 2.75) is 53.0 Å². The first kappa shape index (κ1) is 15.7. The molecule has 0 spiro atoms. The minimum absolute atomic E-state index is 0.285. The van der Waals surface area contributed by atoms with E-state index in [4.69, 9.17) is 0 Å². The van der Waals surface area contributed by atoms with Crippen LogP contribution < -0.4 is 5.32 Å². The van der Waals surface area contributed by atoms with Crippen molar-refractivity contribution in [3.8, 4) is 0 Å². The smallest absolute Gasteiger partial charge is 0.0766 e. The number of hydrogen-bond acceptors (Lipinski definition) is 2. The Balaban J connectivity index is 2.77. The third-order valence-corrected chi connectivity index (χ3v) is 4.48. The number of rotatable bonds is 5. The van der Waals surface area contributed by atoms with Crippen LogP contribution in [-0.2, 0) is 19.9 Å². The van der Waals surface area contributed by atoms with E-state index in [0.29, 0.717) is 6.04 Å². The lowest BCUT2D eigenvalue weighted by Crippen LogP contribution is -2.38. The standard InChI is InChI=1S/C14H26BrN3/c1-7-10-13(15)11(18(6)17-10)8-9-12(16-5)14(2,3)4/h12,16H,7-9H2,1-6H3. The van der Waals surface area contributed by atoms with Crippen molar-refractivity contribution in [2.75, 3.05) is 7.05 Å². The first-order chi connectivity index (χ1) is 8.31. The van der Waals surface area contributed by atoms with Crippen LogP contribution in [-0.4, -0.2) is 22.9 Å². The molecule has 18 heavy (non-hydrogen) atoms. The highest BCUT2D eigenvalue weighted by Crippen LogP contribution is 2.26. The Labute approximate surface area is 119 Å². The van der Waals surface area contributed by atoms with Gasteiger partial charge in [0.1, 0.15) is 0 Å². The second-order valence-corrected chi connectivity index (χ2v) is 6.72. The molecule has 0 aliphatic heterocycles. The highest BCUT2D eigenvalue weighted by molar-refractivity contribution is 9.10. The zero-order valence-corrected chi connectivity index (χ0v) is 14.1. The molecule has 0 aliphatic rings. The molecule has 0 amide bonds. The first-order valence-corrected chi connectivity index (χ1v) is 7.48. The van der Waals surface area contributed by atoms with Crippen molar-refractivity contribution in [2.24, 2.45) is 12.5 Å². The lowest BCUT2D eigenvalue weighted by Gasteiger charge is -2.30. The van der Waals surface area contributed by atoms with Crippen LogP contribution in [0.3, 0.4) is 0 Å². The Morgan fingerprint density at radius 2 is 2.00 bits per heavy atom. The van der Waals surface area contributed by atoms with Crippen molar-refractivity contribution in [3.63, 3.8) is 0 Å². The topological polar surface area (TPSA) is 29.9 Å². The fourth-order valence-corrected chi connectivity index (χ4v) is 3.20. The maximum Gasteiger partial charge on any atom is 0.0766 e. The molecule has 104 valence electrons. The molecule has 0 bridgehead atoms. The van der Waals surface area contributed by atoms with Gasteiger partial charge in [0.15, 0.2) is 0 Å². The fraction of sp³-hybridized carbons (Fsp3) is 0.786. The van der Waals surface area contributed by atoms with Gasteiger partial charge in [-0.3, -0.25) is 4.68 Å². The average Bonchev–Trinajstić information content (AvgIpc) is 2.54. The molecule has 0 fully saturated rings. The Morgan fingerprint density at radius 3 is 2.39 bits per heavy atom. The van der Waals surface area contributed by atoms with Gasteiger partial charge in [-0.25, -0.2) is 0 Å². The lowest BCUT2D eigenvalue weighted by atomic mass is 9.84. The average molecular weight is 316 g/mol. The number of nitrogens with zero attached hydrogens (tertiary/aromatic N) is 2. The third kappa shape index (κ3) is 3.58. The Hall–Kier alpha value is -0.350. The third-order valence-electron chi connectivity index (χ3n) is 3.57. The van der Waals surface area contributed by atoms with Crippen LogP contribution >= 0.6 is 15.9 Å². The molecule has 0 saturated carbocycles. The van der Waals surface area contributed by atoms with Crippen LogP contribution in [0.2, 0.25) is 0 Å². The minimum Gasteiger partial charge on any atom is -0.316 e.